The number of rotatable bonds is 12. The number of unbranched alkanes of at least 4 members (excludes halogenated alkanes) is 10. The Morgan fingerprint density at radius 1 is 0.778 bits per heavy atom. The molecule has 0 fully saturated rings. The first-order chi connectivity index (χ1) is 8.77. The number of halogens is 1. The minimum absolute atomic E-state index is 0.344. The molecule has 0 saturated heterocycles. The highest BCUT2D eigenvalue weighted by molar-refractivity contribution is 14.1. The summed E-state index contributed by atoms with van der Waals surface area (Å²) in [6.45, 7) is 2.25. The molecule has 0 aromatic heterocycles. The highest BCUT2D eigenvalue weighted by Crippen LogP contribution is 2.11. The largest absolute Gasteiger partial charge is 0.481 e. The summed E-state index contributed by atoms with van der Waals surface area (Å²) in [5.41, 5.74) is 0. The smallest absolute Gasteiger partial charge is 0.303 e. The van der Waals surface area contributed by atoms with Crippen LogP contribution < -0.4 is 0 Å². The number of hydrogen-bond donors (Lipinski definition) is 1. The molecule has 0 spiro atoms. The van der Waals surface area contributed by atoms with Gasteiger partial charge in [0.1, 0.15) is 0 Å². The monoisotopic (exact) mass is 370 g/mol. The predicted molar refractivity (Wildman–Crippen MR) is 88.7 cm³/mol. The van der Waals surface area contributed by atoms with Crippen LogP contribution in [0.25, 0.3) is 0 Å². The summed E-state index contributed by atoms with van der Waals surface area (Å²) in [4.78, 5) is 12.2. The second-order valence-corrected chi connectivity index (χ2v) is 4.68. The van der Waals surface area contributed by atoms with E-state index in [1.54, 1.807) is 0 Å². The van der Waals surface area contributed by atoms with Crippen LogP contribution in [0.15, 0.2) is 0 Å². The van der Waals surface area contributed by atoms with Crippen molar-refractivity contribution in [1.82, 2.24) is 0 Å². The van der Waals surface area contributed by atoms with Crippen molar-refractivity contribution in [1.29, 1.82) is 0 Å². The van der Waals surface area contributed by atoms with Gasteiger partial charge in [-0.1, -0.05) is 93.7 Å². The molecule has 1 N–H and O–H groups in total. The van der Waals surface area contributed by atoms with Crippen LogP contribution >= 0.6 is 22.6 Å². The van der Waals surface area contributed by atoms with Crippen LogP contribution in [-0.2, 0) is 4.79 Å². The average molecular weight is 370 g/mol. The molecule has 0 amide bonds. The summed E-state index contributed by atoms with van der Waals surface area (Å²) in [7, 11) is 0. The average Bonchev–Trinajstić information content (AvgIpc) is 2.38. The molecule has 2 nitrogen and oxygen atoms in total. The van der Waals surface area contributed by atoms with Crippen molar-refractivity contribution in [2.45, 2.75) is 84.0 Å². The Morgan fingerprint density at radius 2 is 1.11 bits per heavy atom. The molecule has 0 aliphatic rings. The summed E-state index contributed by atoms with van der Waals surface area (Å²) < 4.78 is 0. The van der Waals surface area contributed by atoms with E-state index in [4.69, 9.17) is 5.11 Å². The van der Waals surface area contributed by atoms with Crippen molar-refractivity contribution in [2.75, 3.05) is 4.93 Å². The molecule has 0 aromatic carbocycles. The van der Waals surface area contributed by atoms with Crippen molar-refractivity contribution >= 4 is 28.6 Å². The molecule has 0 rings (SSSR count). The van der Waals surface area contributed by atoms with E-state index >= 15 is 0 Å². The zero-order chi connectivity index (χ0) is 14.1. The molecule has 0 aliphatic carbocycles. The summed E-state index contributed by atoms with van der Waals surface area (Å²) >= 11 is 2.15. The van der Waals surface area contributed by atoms with E-state index in [1.165, 1.54) is 57.8 Å². The predicted octanol–water partition coefficient (Wildman–Crippen LogP) is 5.82. The molecule has 0 unspecified atom stereocenters. The minimum atomic E-state index is -0.657. The molecule has 0 aliphatic heterocycles. The van der Waals surface area contributed by atoms with E-state index in [0.717, 1.165) is 12.8 Å². The fourth-order valence-corrected chi connectivity index (χ4v) is 1.94. The van der Waals surface area contributed by atoms with Crippen molar-refractivity contribution in [2.24, 2.45) is 0 Å². The number of hydrogen-bond acceptors (Lipinski definition) is 1. The fourth-order valence-electron chi connectivity index (χ4n) is 1.94. The molecule has 0 bridgehead atoms. The van der Waals surface area contributed by atoms with E-state index in [1.807, 2.05) is 4.93 Å². The van der Waals surface area contributed by atoms with Gasteiger partial charge in [0.2, 0.25) is 0 Å². The lowest BCUT2D eigenvalue weighted by Crippen LogP contribution is -1.93. The van der Waals surface area contributed by atoms with Crippen molar-refractivity contribution in [3.05, 3.63) is 0 Å². The first kappa shape index (κ1) is 20.5. The van der Waals surface area contributed by atoms with E-state index < -0.39 is 5.97 Å². The van der Waals surface area contributed by atoms with E-state index in [9.17, 15) is 4.79 Å². The number of carboxylic acid groups (broad SMARTS) is 1. The third kappa shape index (κ3) is 21.5. The van der Waals surface area contributed by atoms with Gasteiger partial charge < -0.3 is 5.11 Å². The Labute approximate surface area is 127 Å². The summed E-state index contributed by atoms with van der Waals surface area (Å²) in [5.74, 6) is -0.657. The third-order valence-corrected chi connectivity index (χ3v) is 2.99. The van der Waals surface area contributed by atoms with Gasteiger partial charge in [-0.3, -0.25) is 4.79 Å². The molecule has 0 heterocycles. The van der Waals surface area contributed by atoms with E-state index in [2.05, 4.69) is 29.5 Å². The van der Waals surface area contributed by atoms with Crippen LogP contribution in [0.2, 0.25) is 0 Å². The molecule has 110 valence electrons. The minimum Gasteiger partial charge on any atom is -0.481 e. The molecular formula is C15H31IO2. The number of carbonyl (C=O) groups is 1. The maximum Gasteiger partial charge on any atom is 0.303 e. The van der Waals surface area contributed by atoms with Crippen molar-refractivity contribution in [3.63, 3.8) is 0 Å². The number of aliphatic carboxylic acids is 1. The summed E-state index contributed by atoms with van der Waals surface area (Å²) in [6, 6.07) is 0. The number of alkyl halides is 1. The maximum atomic E-state index is 10.3. The third-order valence-electron chi connectivity index (χ3n) is 2.99. The lowest BCUT2D eigenvalue weighted by molar-refractivity contribution is -0.137. The molecule has 18 heavy (non-hydrogen) atoms. The van der Waals surface area contributed by atoms with Gasteiger partial charge >= 0.3 is 5.97 Å². The topological polar surface area (TPSA) is 37.3 Å². The Morgan fingerprint density at radius 3 is 1.44 bits per heavy atom. The molecule has 3 heteroatoms. The first-order valence-corrected chi connectivity index (χ1v) is 9.52. The molecular weight excluding hydrogens is 339 g/mol. The van der Waals surface area contributed by atoms with Crippen LogP contribution in [0.1, 0.15) is 84.0 Å². The zero-order valence-electron chi connectivity index (χ0n) is 12.2. The SMILES string of the molecule is CCCCCCCCCCCCCC(=O)O.CI. The number of carboxylic acids is 1. The molecule has 0 atom stereocenters. The fraction of sp³-hybridized carbons (Fsp3) is 0.933. The Balaban J connectivity index is 0. The summed E-state index contributed by atoms with van der Waals surface area (Å²) in [6.07, 6.45) is 14.4. The van der Waals surface area contributed by atoms with Gasteiger partial charge in [0.25, 0.3) is 0 Å². The second-order valence-electron chi connectivity index (χ2n) is 4.68. The lowest BCUT2D eigenvalue weighted by atomic mass is 10.1. The highest BCUT2D eigenvalue weighted by Gasteiger charge is 1.96. The van der Waals surface area contributed by atoms with Crippen LogP contribution in [-0.4, -0.2) is 16.0 Å². The van der Waals surface area contributed by atoms with Gasteiger partial charge in [0.05, 0.1) is 0 Å². The van der Waals surface area contributed by atoms with Gasteiger partial charge in [-0.15, -0.1) is 0 Å². The van der Waals surface area contributed by atoms with Crippen LogP contribution in [0.3, 0.4) is 0 Å². The quantitative estimate of drug-likeness (QED) is 0.267. The molecule has 0 aromatic rings. The molecule has 0 saturated carbocycles. The van der Waals surface area contributed by atoms with Crippen LogP contribution in [0, 0.1) is 0 Å². The van der Waals surface area contributed by atoms with Gasteiger partial charge in [0, 0.05) is 6.42 Å². The first-order valence-electron chi connectivity index (χ1n) is 7.37. The normalized spacial score (nSPS) is 9.72. The van der Waals surface area contributed by atoms with Gasteiger partial charge in [0.15, 0.2) is 0 Å². The van der Waals surface area contributed by atoms with Crippen molar-refractivity contribution < 1.29 is 9.90 Å². The van der Waals surface area contributed by atoms with Crippen LogP contribution in [0.4, 0.5) is 0 Å². The van der Waals surface area contributed by atoms with Gasteiger partial charge in [-0.25, -0.2) is 0 Å². The van der Waals surface area contributed by atoms with Gasteiger partial charge in [-0.05, 0) is 11.4 Å². The van der Waals surface area contributed by atoms with Crippen LogP contribution in [0.5, 0.6) is 0 Å². The Bertz CT molecular complexity index is 161. The second kappa shape index (κ2) is 19.5. The standard InChI is InChI=1S/C14H28O2.CH3I/c1-2-3-4-5-6-7-8-9-10-11-12-13-14(15)16;1-2/h2-13H2,1H3,(H,15,16);1H3. The molecule has 0 radical (unpaired) electrons. The lowest BCUT2D eigenvalue weighted by Gasteiger charge is -2.01. The van der Waals surface area contributed by atoms with E-state index in [-0.39, 0.29) is 0 Å². The maximum absolute atomic E-state index is 10.3. The van der Waals surface area contributed by atoms with E-state index in [0.29, 0.717) is 6.42 Å². The summed E-state index contributed by atoms with van der Waals surface area (Å²) in [5, 5.41) is 8.46. The Kier molecular flexibility index (Phi) is 22.3. The Hall–Kier alpha value is 0.200. The van der Waals surface area contributed by atoms with Gasteiger partial charge in [-0.2, -0.15) is 0 Å². The highest BCUT2D eigenvalue weighted by atomic mass is 127. The zero-order valence-corrected chi connectivity index (χ0v) is 14.4. The van der Waals surface area contributed by atoms with Crippen molar-refractivity contribution in [3.8, 4) is 0 Å².